The molecule has 1 heterocycles. The third kappa shape index (κ3) is 3.64. The fourth-order valence-corrected chi connectivity index (χ4v) is 1.59. The molecule has 1 saturated heterocycles. The van der Waals surface area contributed by atoms with Gasteiger partial charge in [0.15, 0.2) is 0 Å². The molecule has 0 aromatic heterocycles. The van der Waals surface area contributed by atoms with Crippen LogP contribution in [0.4, 0.5) is 0 Å². The minimum absolute atomic E-state index is 0.148. The number of hydrogen-bond donors (Lipinski definition) is 2. The molecule has 2 N–H and O–H groups in total. The van der Waals surface area contributed by atoms with Crippen LogP contribution in [0.15, 0.2) is 0 Å². The van der Waals surface area contributed by atoms with Crippen molar-refractivity contribution in [3.63, 3.8) is 0 Å². The maximum absolute atomic E-state index is 11.5. The summed E-state index contributed by atoms with van der Waals surface area (Å²) >= 11 is 0. The smallest absolute Gasteiger partial charge is 0.223 e. The number of aliphatic hydroxyl groups excluding tert-OH is 1. The first-order valence-corrected chi connectivity index (χ1v) is 5.29. The Morgan fingerprint density at radius 1 is 1.64 bits per heavy atom. The predicted molar refractivity (Wildman–Crippen MR) is 55.0 cm³/mol. The minimum Gasteiger partial charge on any atom is -0.391 e. The van der Waals surface area contributed by atoms with Gasteiger partial charge in [-0.15, -0.1) is 0 Å². The third-order valence-electron chi connectivity index (χ3n) is 2.41. The van der Waals surface area contributed by atoms with Crippen molar-refractivity contribution < 1.29 is 9.90 Å². The van der Waals surface area contributed by atoms with Crippen LogP contribution < -0.4 is 5.32 Å². The molecule has 1 fully saturated rings. The van der Waals surface area contributed by atoms with Crippen LogP contribution in [0.1, 0.15) is 26.7 Å². The summed E-state index contributed by atoms with van der Waals surface area (Å²) in [5.74, 6) is 0.148. The highest BCUT2D eigenvalue weighted by molar-refractivity contribution is 5.76. The van der Waals surface area contributed by atoms with Crippen LogP contribution in [0.5, 0.6) is 0 Å². The molecular formula is C10H20N2O2. The number of likely N-dealkylation sites (tertiary alicyclic amines) is 1. The average molecular weight is 200 g/mol. The molecule has 0 aromatic carbocycles. The molecule has 1 aliphatic heterocycles. The topological polar surface area (TPSA) is 52.6 Å². The lowest BCUT2D eigenvalue weighted by molar-refractivity contribution is -0.130. The van der Waals surface area contributed by atoms with Crippen molar-refractivity contribution in [3.05, 3.63) is 0 Å². The molecule has 1 amide bonds. The summed E-state index contributed by atoms with van der Waals surface area (Å²) in [6.07, 6.45) is 0.950. The van der Waals surface area contributed by atoms with Crippen molar-refractivity contribution in [2.24, 2.45) is 0 Å². The maximum atomic E-state index is 11.5. The zero-order chi connectivity index (χ0) is 10.6. The molecule has 4 heteroatoms. The number of nitrogens with zero attached hydrogens (tertiary/aromatic N) is 1. The molecule has 82 valence electrons. The predicted octanol–water partition coefficient (Wildman–Crippen LogP) is -0.0323. The van der Waals surface area contributed by atoms with Crippen LogP contribution in [0, 0.1) is 0 Å². The van der Waals surface area contributed by atoms with Gasteiger partial charge >= 0.3 is 0 Å². The molecule has 0 saturated carbocycles. The molecule has 4 nitrogen and oxygen atoms in total. The first-order valence-electron chi connectivity index (χ1n) is 5.29. The number of hydrogen-bond acceptors (Lipinski definition) is 3. The summed E-state index contributed by atoms with van der Waals surface area (Å²) in [4.78, 5) is 13.3. The second kappa shape index (κ2) is 5.32. The Bertz CT molecular complexity index is 195. The lowest BCUT2D eigenvalue weighted by Crippen LogP contribution is -2.33. The molecule has 1 aliphatic rings. The lowest BCUT2D eigenvalue weighted by Gasteiger charge is -2.16. The van der Waals surface area contributed by atoms with Gasteiger partial charge in [-0.25, -0.2) is 0 Å². The summed E-state index contributed by atoms with van der Waals surface area (Å²) in [7, 11) is 0. The highest BCUT2D eigenvalue weighted by Gasteiger charge is 2.23. The number of aliphatic hydroxyl groups is 1. The Balaban J connectivity index is 2.15. The molecule has 0 aromatic rings. The van der Waals surface area contributed by atoms with Crippen LogP contribution in [0.3, 0.4) is 0 Å². The Hall–Kier alpha value is -0.610. The van der Waals surface area contributed by atoms with E-state index in [0.717, 1.165) is 13.0 Å². The summed E-state index contributed by atoms with van der Waals surface area (Å²) in [6, 6.07) is 0.423. The van der Waals surface area contributed by atoms with E-state index in [2.05, 4.69) is 19.2 Å². The van der Waals surface area contributed by atoms with E-state index in [1.165, 1.54) is 0 Å². The van der Waals surface area contributed by atoms with Crippen LogP contribution in [0.25, 0.3) is 0 Å². The Morgan fingerprint density at radius 3 is 2.86 bits per heavy atom. The van der Waals surface area contributed by atoms with Crippen LogP contribution >= 0.6 is 0 Å². The number of carbonyl (C=O) groups excluding carboxylic acids is 1. The second-order valence-corrected chi connectivity index (χ2v) is 4.14. The molecule has 1 rings (SSSR count). The van der Waals surface area contributed by atoms with Crippen molar-refractivity contribution in [2.45, 2.75) is 38.8 Å². The summed E-state index contributed by atoms with van der Waals surface area (Å²) < 4.78 is 0. The first kappa shape index (κ1) is 11.5. The normalized spacial score (nSPS) is 22.0. The number of β-amino-alcohol motifs (C(OH)–C–C–N with tert-alkyl or cyclic N) is 1. The van der Waals surface area contributed by atoms with Crippen LogP contribution in [-0.4, -0.2) is 47.7 Å². The minimum atomic E-state index is -0.308. The Morgan fingerprint density at radius 2 is 2.36 bits per heavy atom. The van der Waals surface area contributed by atoms with Gasteiger partial charge in [-0.3, -0.25) is 4.79 Å². The van der Waals surface area contributed by atoms with Gasteiger partial charge in [-0.05, 0) is 6.42 Å². The number of amides is 1. The highest BCUT2D eigenvalue weighted by Crippen LogP contribution is 2.09. The number of nitrogens with one attached hydrogen (secondary N) is 1. The Labute approximate surface area is 85.3 Å². The van der Waals surface area contributed by atoms with Gasteiger partial charge < -0.3 is 15.3 Å². The van der Waals surface area contributed by atoms with Gasteiger partial charge in [-0.2, -0.15) is 0 Å². The van der Waals surface area contributed by atoms with Crippen molar-refractivity contribution in [1.29, 1.82) is 0 Å². The summed E-state index contributed by atoms with van der Waals surface area (Å²) in [5.41, 5.74) is 0. The van der Waals surface area contributed by atoms with Gasteiger partial charge in [0, 0.05) is 32.1 Å². The fourth-order valence-electron chi connectivity index (χ4n) is 1.59. The second-order valence-electron chi connectivity index (χ2n) is 4.14. The standard InChI is InChI=1S/C10H20N2O2/c1-8(2)11-5-3-10(14)12-6-4-9(13)7-12/h8-9,11,13H,3-7H2,1-2H3/t9-/m0/s1. The highest BCUT2D eigenvalue weighted by atomic mass is 16.3. The lowest BCUT2D eigenvalue weighted by atomic mass is 10.3. The van der Waals surface area contributed by atoms with Crippen molar-refractivity contribution in [2.75, 3.05) is 19.6 Å². The molecule has 1 atom stereocenters. The van der Waals surface area contributed by atoms with Gasteiger partial charge in [0.25, 0.3) is 0 Å². The van der Waals surface area contributed by atoms with E-state index in [0.29, 0.717) is 25.6 Å². The maximum Gasteiger partial charge on any atom is 0.223 e. The molecular weight excluding hydrogens is 180 g/mol. The number of rotatable bonds is 4. The van der Waals surface area contributed by atoms with E-state index in [-0.39, 0.29) is 12.0 Å². The van der Waals surface area contributed by atoms with Crippen molar-refractivity contribution >= 4 is 5.91 Å². The van der Waals surface area contributed by atoms with Gasteiger partial charge in [-0.1, -0.05) is 13.8 Å². The van der Waals surface area contributed by atoms with E-state index in [4.69, 9.17) is 0 Å². The van der Waals surface area contributed by atoms with Crippen LogP contribution in [-0.2, 0) is 4.79 Å². The SMILES string of the molecule is CC(C)NCCC(=O)N1CC[C@H](O)C1. The first-order chi connectivity index (χ1) is 6.59. The van der Waals surface area contributed by atoms with Crippen molar-refractivity contribution in [3.8, 4) is 0 Å². The summed E-state index contributed by atoms with van der Waals surface area (Å²) in [6.45, 7) is 6.07. The molecule has 0 unspecified atom stereocenters. The molecule has 14 heavy (non-hydrogen) atoms. The Kier molecular flexibility index (Phi) is 4.35. The van der Waals surface area contributed by atoms with Gasteiger partial charge in [0.1, 0.15) is 0 Å². The number of carbonyl (C=O) groups is 1. The molecule has 0 spiro atoms. The third-order valence-corrected chi connectivity index (χ3v) is 2.41. The van der Waals surface area contributed by atoms with Gasteiger partial charge in [0.05, 0.1) is 6.10 Å². The van der Waals surface area contributed by atoms with Gasteiger partial charge in [0.2, 0.25) is 5.91 Å². The van der Waals surface area contributed by atoms with E-state index in [1.807, 2.05) is 0 Å². The molecule has 0 radical (unpaired) electrons. The quantitative estimate of drug-likeness (QED) is 0.670. The molecule has 0 bridgehead atoms. The summed E-state index contributed by atoms with van der Waals surface area (Å²) in [5, 5.41) is 12.5. The average Bonchev–Trinajstić information content (AvgIpc) is 2.51. The van der Waals surface area contributed by atoms with Crippen molar-refractivity contribution in [1.82, 2.24) is 10.2 Å². The van der Waals surface area contributed by atoms with E-state index in [1.54, 1.807) is 4.90 Å². The van der Waals surface area contributed by atoms with E-state index < -0.39 is 0 Å². The van der Waals surface area contributed by atoms with E-state index >= 15 is 0 Å². The fraction of sp³-hybridized carbons (Fsp3) is 0.900. The zero-order valence-corrected chi connectivity index (χ0v) is 8.99. The monoisotopic (exact) mass is 200 g/mol. The zero-order valence-electron chi connectivity index (χ0n) is 8.99. The van der Waals surface area contributed by atoms with E-state index in [9.17, 15) is 9.90 Å². The largest absolute Gasteiger partial charge is 0.391 e. The molecule has 0 aliphatic carbocycles. The van der Waals surface area contributed by atoms with Crippen LogP contribution in [0.2, 0.25) is 0 Å².